The van der Waals surface area contributed by atoms with Crippen molar-refractivity contribution >= 4 is 0 Å². The van der Waals surface area contributed by atoms with Gasteiger partial charge < -0.3 is 5.11 Å². The van der Waals surface area contributed by atoms with Gasteiger partial charge in [-0.15, -0.1) is 0 Å². The van der Waals surface area contributed by atoms with Crippen LogP contribution in [0, 0.1) is 5.92 Å². The van der Waals surface area contributed by atoms with Crippen LogP contribution in [0.1, 0.15) is 50.5 Å². The Morgan fingerprint density at radius 2 is 2.07 bits per heavy atom. The van der Waals surface area contributed by atoms with Gasteiger partial charge in [0.2, 0.25) is 0 Å². The smallest absolute Gasteiger partial charge is 0.115 e. The largest absolute Gasteiger partial charge is 0.508 e. The van der Waals surface area contributed by atoms with E-state index in [-0.39, 0.29) is 0 Å². The lowest BCUT2D eigenvalue weighted by molar-refractivity contribution is 0.298. The molecule has 1 N–H and O–H groups in total. The van der Waals surface area contributed by atoms with Crippen LogP contribution in [-0.4, -0.2) is 5.11 Å². The van der Waals surface area contributed by atoms with Gasteiger partial charge in [0.1, 0.15) is 5.75 Å². The topological polar surface area (TPSA) is 20.2 Å². The first-order valence-corrected chi connectivity index (χ1v) is 6.10. The fourth-order valence-corrected chi connectivity index (χ4v) is 2.89. The standard InChI is InChI=1S/C14H20O/c1-2-11-6-3-4-9-14(11)12-7-5-8-13(15)10-12/h5,7-8,10-11,14-15H,2-4,6,9H2,1H3/t11-,14-/m0/s1. The summed E-state index contributed by atoms with van der Waals surface area (Å²) < 4.78 is 0. The molecule has 0 bridgehead atoms. The number of rotatable bonds is 2. The lowest BCUT2D eigenvalue weighted by Gasteiger charge is -2.31. The highest BCUT2D eigenvalue weighted by atomic mass is 16.3. The predicted octanol–water partition coefficient (Wildman–Crippen LogP) is 4.08. The molecule has 1 fully saturated rings. The van der Waals surface area contributed by atoms with Crippen molar-refractivity contribution in [2.45, 2.75) is 44.9 Å². The summed E-state index contributed by atoms with van der Waals surface area (Å²) in [6, 6.07) is 7.83. The lowest BCUT2D eigenvalue weighted by atomic mass is 9.74. The normalized spacial score (nSPS) is 26.5. The Hall–Kier alpha value is -0.980. The van der Waals surface area contributed by atoms with Crippen LogP contribution >= 0.6 is 0 Å². The van der Waals surface area contributed by atoms with Gasteiger partial charge in [0, 0.05) is 0 Å². The highest BCUT2D eigenvalue weighted by molar-refractivity contribution is 5.30. The molecular weight excluding hydrogens is 184 g/mol. The molecule has 0 saturated heterocycles. The van der Waals surface area contributed by atoms with Gasteiger partial charge in [0.05, 0.1) is 0 Å². The Balaban J connectivity index is 2.20. The minimum atomic E-state index is 0.410. The van der Waals surface area contributed by atoms with Gasteiger partial charge in [-0.1, -0.05) is 38.3 Å². The Morgan fingerprint density at radius 1 is 1.27 bits per heavy atom. The molecule has 1 saturated carbocycles. The zero-order chi connectivity index (χ0) is 10.7. The minimum Gasteiger partial charge on any atom is -0.508 e. The van der Waals surface area contributed by atoms with E-state index in [1.54, 1.807) is 6.07 Å². The first kappa shape index (κ1) is 10.5. The van der Waals surface area contributed by atoms with Crippen molar-refractivity contribution in [2.24, 2.45) is 5.92 Å². The lowest BCUT2D eigenvalue weighted by Crippen LogP contribution is -2.16. The van der Waals surface area contributed by atoms with Crippen molar-refractivity contribution < 1.29 is 5.11 Å². The monoisotopic (exact) mass is 204 g/mol. The summed E-state index contributed by atoms with van der Waals surface area (Å²) in [6.45, 7) is 2.28. The molecule has 0 heterocycles. The average Bonchev–Trinajstić information content (AvgIpc) is 2.29. The maximum absolute atomic E-state index is 9.50. The molecule has 0 radical (unpaired) electrons. The molecule has 1 aliphatic rings. The van der Waals surface area contributed by atoms with E-state index in [4.69, 9.17) is 0 Å². The van der Waals surface area contributed by atoms with Crippen LogP contribution in [0.2, 0.25) is 0 Å². The minimum absolute atomic E-state index is 0.410. The molecule has 15 heavy (non-hydrogen) atoms. The third-order valence-corrected chi connectivity index (χ3v) is 3.73. The van der Waals surface area contributed by atoms with Crippen molar-refractivity contribution in [3.05, 3.63) is 29.8 Å². The number of hydrogen-bond acceptors (Lipinski definition) is 1. The molecule has 2 atom stereocenters. The number of benzene rings is 1. The highest BCUT2D eigenvalue weighted by Gasteiger charge is 2.24. The summed E-state index contributed by atoms with van der Waals surface area (Å²) in [7, 11) is 0. The van der Waals surface area contributed by atoms with E-state index in [9.17, 15) is 5.11 Å². The fraction of sp³-hybridized carbons (Fsp3) is 0.571. The molecule has 0 aromatic heterocycles. The summed E-state index contributed by atoms with van der Waals surface area (Å²) in [5, 5.41) is 9.50. The molecule has 1 heteroatoms. The second kappa shape index (κ2) is 4.69. The zero-order valence-electron chi connectivity index (χ0n) is 9.45. The second-order valence-electron chi connectivity index (χ2n) is 4.65. The predicted molar refractivity (Wildman–Crippen MR) is 63.1 cm³/mol. The molecule has 0 aliphatic heterocycles. The van der Waals surface area contributed by atoms with Gasteiger partial charge in [0.25, 0.3) is 0 Å². The van der Waals surface area contributed by atoms with Gasteiger partial charge in [-0.3, -0.25) is 0 Å². The Bertz CT molecular complexity index is 319. The van der Waals surface area contributed by atoms with Crippen molar-refractivity contribution in [3.63, 3.8) is 0 Å². The third-order valence-electron chi connectivity index (χ3n) is 3.73. The second-order valence-corrected chi connectivity index (χ2v) is 4.65. The molecule has 1 aromatic carbocycles. The van der Waals surface area contributed by atoms with Gasteiger partial charge in [-0.05, 0) is 42.4 Å². The summed E-state index contributed by atoms with van der Waals surface area (Å²) in [4.78, 5) is 0. The first-order valence-electron chi connectivity index (χ1n) is 6.10. The first-order chi connectivity index (χ1) is 7.31. The molecule has 0 spiro atoms. The van der Waals surface area contributed by atoms with Crippen molar-refractivity contribution in [3.8, 4) is 5.75 Å². The van der Waals surface area contributed by atoms with E-state index in [2.05, 4.69) is 13.0 Å². The van der Waals surface area contributed by atoms with Crippen LogP contribution in [0.5, 0.6) is 5.75 Å². The molecule has 0 unspecified atom stereocenters. The van der Waals surface area contributed by atoms with E-state index in [1.165, 1.54) is 37.7 Å². The molecule has 1 aromatic rings. The highest BCUT2D eigenvalue weighted by Crippen LogP contribution is 2.40. The summed E-state index contributed by atoms with van der Waals surface area (Å²) in [6.07, 6.45) is 6.64. The van der Waals surface area contributed by atoms with Crippen molar-refractivity contribution in [2.75, 3.05) is 0 Å². The summed E-state index contributed by atoms with van der Waals surface area (Å²) in [5.74, 6) is 1.91. The van der Waals surface area contributed by atoms with Gasteiger partial charge in [-0.25, -0.2) is 0 Å². The maximum atomic E-state index is 9.50. The van der Waals surface area contributed by atoms with Crippen LogP contribution in [0.4, 0.5) is 0 Å². The van der Waals surface area contributed by atoms with E-state index in [1.807, 2.05) is 12.1 Å². The van der Waals surface area contributed by atoms with Crippen molar-refractivity contribution in [1.29, 1.82) is 0 Å². The third kappa shape index (κ3) is 2.34. The van der Waals surface area contributed by atoms with Crippen LogP contribution in [0.15, 0.2) is 24.3 Å². The Kier molecular flexibility index (Phi) is 3.30. The average molecular weight is 204 g/mol. The van der Waals surface area contributed by atoms with E-state index < -0.39 is 0 Å². The quantitative estimate of drug-likeness (QED) is 0.769. The molecule has 0 amide bonds. The SMILES string of the molecule is CC[C@H]1CCCC[C@@H]1c1cccc(O)c1. The van der Waals surface area contributed by atoms with Crippen LogP contribution in [-0.2, 0) is 0 Å². The van der Waals surface area contributed by atoms with Crippen LogP contribution < -0.4 is 0 Å². The van der Waals surface area contributed by atoms with E-state index in [0.717, 1.165) is 5.92 Å². The van der Waals surface area contributed by atoms with Gasteiger partial charge in [0.15, 0.2) is 0 Å². The Morgan fingerprint density at radius 3 is 2.80 bits per heavy atom. The number of phenols is 1. The molecule has 1 aliphatic carbocycles. The zero-order valence-corrected chi connectivity index (χ0v) is 9.45. The molecular formula is C14H20O. The van der Waals surface area contributed by atoms with Crippen molar-refractivity contribution in [1.82, 2.24) is 0 Å². The fourth-order valence-electron chi connectivity index (χ4n) is 2.89. The van der Waals surface area contributed by atoms with Gasteiger partial charge >= 0.3 is 0 Å². The van der Waals surface area contributed by atoms with Gasteiger partial charge in [-0.2, -0.15) is 0 Å². The Labute approximate surface area is 92.1 Å². The van der Waals surface area contributed by atoms with E-state index >= 15 is 0 Å². The summed E-state index contributed by atoms with van der Waals surface area (Å²) >= 11 is 0. The number of aromatic hydroxyl groups is 1. The molecule has 82 valence electrons. The van der Waals surface area contributed by atoms with E-state index in [0.29, 0.717) is 11.7 Å². The van der Waals surface area contributed by atoms with Crippen LogP contribution in [0.3, 0.4) is 0 Å². The molecule has 2 rings (SSSR count). The summed E-state index contributed by atoms with van der Waals surface area (Å²) in [5.41, 5.74) is 1.33. The maximum Gasteiger partial charge on any atom is 0.115 e. The molecule has 1 nitrogen and oxygen atoms in total. The number of hydrogen-bond donors (Lipinski definition) is 1. The number of phenolic OH excluding ortho intramolecular Hbond substituents is 1. The van der Waals surface area contributed by atoms with Crippen LogP contribution in [0.25, 0.3) is 0 Å².